The largest absolute Gasteiger partial charge is 0.378 e. The molecular weight excluding hydrogens is 316 g/mol. The highest BCUT2D eigenvalue weighted by Crippen LogP contribution is 2.19. The summed E-state index contributed by atoms with van der Waals surface area (Å²) in [6.45, 7) is 5.39. The van der Waals surface area contributed by atoms with Crippen LogP contribution in [0.25, 0.3) is 0 Å². The second-order valence-corrected chi connectivity index (χ2v) is 5.83. The minimum atomic E-state index is -0.370. The van der Waals surface area contributed by atoms with Crippen LogP contribution < -0.4 is 15.6 Å². The van der Waals surface area contributed by atoms with E-state index in [9.17, 15) is 4.79 Å². The lowest BCUT2D eigenvalue weighted by atomic mass is 10.1. The van der Waals surface area contributed by atoms with Crippen LogP contribution in [-0.4, -0.2) is 38.5 Å². The molecule has 0 spiro atoms. The smallest absolute Gasteiger partial charge is 0.339 e. The number of benzene rings is 2. The fourth-order valence-corrected chi connectivity index (χ4v) is 2.66. The quantitative estimate of drug-likeness (QED) is 0.665. The molecule has 0 aliphatic carbocycles. The summed E-state index contributed by atoms with van der Waals surface area (Å²) in [5.41, 5.74) is 6.47. The van der Waals surface area contributed by atoms with E-state index in [0.29, 0.717) is 0 Å². The SMILES string of the molecule is Cc1cc(N2CCOCC2)ccc1/C=N/NC(=O)Nc1ccccc1. The number of morpholine rings is 1. The number of rotatable bonds is 4. The number of amides is 2. The molecule has 0 unspecified atom stereocenters. The highest BCUT2D eigenvalue weighted by atomic mass is 16.5. The summed E-state index contributed by atoms with van der Waals surface area (Å²) >= 11 is 0. The molecule has 0 saturated carbocycles. The molecule has 6 heteroatoms. The van der Waals surface area contributed by atoms with E-state index in [1.54, 1.807) is 6.21 Å². The fourth-order valence-electron chi connectivity index (χ4n) is 2.66. The lowest BCUT2D eigenvalue weighted by Crippen LogP contribution is -2.36. The molecule has 0 aromatic heterocycles. The standard InChI is InChI=1S/C19H22N4O2/c1-15-13-18(23-9-11-25-12-10-23)8-7-16(15)14-20-22-19(24)21-17-5-3-2-4-6-17/h2-8,13-14H,9-12H2,1H3,(H2,21,22,24)/b20-14+. The molecule has 2 N–H and O–H groups in total. The van der Waals surface area contributed by atoms with Gasteiger partial charge in [0.25, 0.3) is 0 Å². The van der Waals surface area contributed by atoms with Gasteiger partial charge in [0, 0.05) is 24.5 Å². The van der Waals surface area contributed by atoms with Crippen LogP contribution >= 0.6 is 0 Å². The molecule has 1 fully saturated rings. The van der Waals surface area contributed by atoms with E-state index in [1.165, 1.54) is 5.69 Å². The molecule has 1 aliphatic rings. The average Bonchev–Trinajstić information content (AvgIpc) is 2.64. The Morgan fingerprint density at radius 2 is 1.92 bits per heavy atom. The van der Waals surface area contributed by atoms with Crippen molar-refractivity contribution < 1.29 is 9.53 Å². The van der Waals surface area contributed by atoms with Crippen molar-refractivity contribution in [2.24, 2.45) is 5.10 Å². The van der Waals surface area contributed by atoms with E-state index in [2.05, 4.69) is 32.9 Å². The summed E-state index contributed by atoms with van der Waals surface area (Å²) in [5, 5.41) is 6.73. The Bertz CT molecular complexity index is 740. The number of hydrogen-bond acceptors (Lipinski definition) is 4. The van der Waals surface area contributed by atoms with Gasteiger partial charge in [0.15, 0.2) is 0 Å². The van der Waals surface area contributed by atoms with Crippen LogP contribution in [0, 0.1) is 6.92 Å². The first-order valence-corrected chi connectivity index (χ1v) is 8.31. The molecule has 3 rings (SSSR count). The molecule has 0 radical (unpaired) electrons. The van der Waals surface area contributed by atoms with Gasteiger partial charge in [0.05, 0.1) is 19.4 Å². The third-order valence-electron chi connectivity index (χ3n) is 4.03. The first-order valence-electron chi connectivity index (χ1n) is 8.31. The lowest BCUT2D eigenvalue weighted by Gasteiger charge is -2.29. The minimum absolute atomic E-state index is 0.370. The Morgan fingerprint density at radius 1 is 1.16 bits per heavy atom. The van der Waals surface area contributed by atoms with Gasteiger partial charge in [0.1, 0.15) is 0 Å². The van der Waals surface area contributed by atoms with Gasteiger partial charge in [-0.1, -0.05) is 24.3 Å². The van der Waals surface area contributed by atoms with Crippen LogP contribution in [-0.2, 0) is 4.74 Å². The third-order valence-corrected chi connectivity index (χ3v) is 4.03. The maximum Gasteiger partial charge on any atom is 0.339 e. The van der Waals surface area contributed by atoms with Gasteiger partial charge in [0.2, 0.25) is 0 Å². The van der Waals surface area contributed by atoms with Gasteiger partial charge in [-0.15, -0.1) is 0 Å². The van der Waals surface area contributed by atoms with Crippen LogP contribution in [0.4, 0.5) is 16.2 Å². The number of aryl methyl sites for hydroxylation is 1. The number of ether oxygens (including phenoxy) is 1. The number of hydrogen-bond donors (Lipinski definition) is 2. The molecule has 25 heavy (non-hydrogen) atoms. The molecule has 1 aliphatic heterocycles. The van der Waals surface area contributed by atoms with Crippen LogP contribution in [0.15, 0.2) is 53.6 Å². The average molecular weight is 338 g/mol. The Labute approximate surface area is 147 Å². The highest BCUT2D eigenvalue weighted by Gasteiger charge is 2.11. The predicted molar refractivity (Wildman–Crippen MR) is 100 cm³/mol. The van der Waals surface area contributed by atoms with Gasteiger partial charge >= 0.3 is 6.03 Å². The molecule has 2 aromatic carbocycles. The van der Waals surface area contributed by atoms with E-state index < -0.39 is 0 Å². The Balaban J connectivity index is 1.56. The van der Waals surface area contributed by atoms with Crippen molar-refractivity contribution >= 4 is 23.6 Å². The van der Waals surface area contributed by atoms with E-state index >= 15 is 0 Å². The topological polar surface area (TPSA) is 66.0 Å². The summed E-state index contributed by atoms with van der Waals surface area (Å²) in [7, 11) is 0. The summed E-state index contributed by atoms with van der Waals surface area (Å²) in [6, 6.07) is 15.1. The summed E-state index contributed by atoms with van der Waals surface area (Å²) in [4.78, 5) is 14.1. The van der Waals surface area contributed by atoms with E-state index in [1.807, 2.05) is 43.3 Å². The number of carbonyl (C=O) groups excluding carboxylic acids is 1. The van der Waals surface area contributed by atoms with Crippen molar-refractivity contribution in [1.29, 1.82) is 0 Å². The normalized spacial score (nSPS) is 14.5. The zero-order chi connectivity index (χ0) is 17.5. The molecule has 0 atom stereocenters. The van der Waals surface area contributed by atoms with Crippen LogP contribution in [0.2, 0.25) is 0 Å². The molecule has 2 amide bonds. The van der Waals surface area contributed by atoms with Crippen LogP contribution in [0.5, 0.6) is 0 Å². The van der Waals surface area contributed by atoms with E-state index in [0.717, 1.165) is 43.1 Å². The van der Waals surface area contributed by atoms with Crippen molar-refractivity contribution in [3.05, 3.63) is 59.7 Å². The number of para-hydroxylation sites is 1. The third kappa shape index (κ3) is 4.81. The van der Waals surface area contributed by atoms with E-state index in [4.69, 9.17) is 4.74 Å². The van der Waals surface area contributed by atoms with Crippen LogP contribution in [0.1, 0.15) is 11.1 Å². The van der Waals surface area contributed by atoms with Crippen molar-refractivity contribution in [2.75, 3.05) is 36.5 Å². The second-order valence-electron chi connectivity index (χ2n) is 5.83. The number of urea groups is 1. The number of nitrogens with one attached hydrogen (secondary N) is 2. The van der Waals surface area contributed by atoms with Gasteiger partial charge in [-0.05, 0) is 42.3 Å². The maximum atomic E-state index is 11.8. The maximum absolute atomic E-state index is 11.8. The first kappa shape index (κ1) is 17.0. The fraction of sp³-hybridized carbons (Fsp3) is 0.263. The second kappa shape index (κ2) is 8.30. The number of hydrazone groups is 1. The molecule has 2 aromatic rings. The zero-order valence-corrected chi connectivity index (χ0v) is 14.2. The number of nitrogens with zero attached hydrogens (tertiary/aromatic N) is 2. The van der Waals surface area contributed by atoms with Gasteiger partial charge < -0.3 is 15.0 Å². The summed E-state index contributed by atoms with van der Waals surface area (Å²) < 4.78 is 5.38. The Hall–Kier alpha value is -2.86. The van der Waals surface area contributed by atoms with E-state index in [-0.39, 0.29) is 6.03 Å². The lowest BCUT2D eigenvalue weighted by molar-refractivity contribution is 0.122. The number of carbonyl (C=O) groups is 1. The van der Waals surface area contributed by atoms with Crippen molar-refractivity contribution in [3.63, 3.8) is 0 Å². The zero-order valence-electron chi connectivity index (χ0n) is 14.2. The molecular formula is C19H22N4O2. The predicted octanol–water partition coefficient (Wildman–Crippen LogP) is 2.99. The molecule has 130 valence electrons. The molecule has 6 nitrogen and oxygen atoms in total. The van der Waals surface area contributed by atoms with Gasteiger partial charge in [-0.2, -0.15) is 5.10 Å². The summed E-state index contributed by atoms with van der Waals surface area (Å²) in [5.74, 6) is 0. The van der Waals surface area contributed by atoms with Crippen molar-refractivity contribution in [1.82, 2.24) is 5.43 Å². The van der Waals surface area contributed by atoms with Crippen molar-refractivity contribution in [3.8, 4) is 0 Å². The molecule has 1 heterocycles. The molecule has 0 bridgehead atoms. The summed E-state index contributed by atoms with van der Waals surface area (Å²) in [6.07, 6.45) is 1.66. The first-order chi connectivity index (χ1) is 12.2. The minimum Gasteiger partial charge on any atom is -0.378 e. The van der Waals surface area contributed by atoms with Gasteiger partial charge in [-0.3, -0.25) is 0 Å². The Morgan fingerprint density at radius 3 is 2.64 bits per heavy atom. The van der Waals surface area contributed by atoms with Gasteiger partial charge in [-0.25, -0.2) is 10.2 Å². The monoisotopic (exact) mass is 338 g/mol. The highest BCUT2D eigenvalue weighted by molar-refractivity contribution is 5.90. The van der Waals surface area contributed by atoms with Crippen molar-refractivity contribution in [2.45, 2.75) is 6.92 Å². The van der Waals surface area contributed by atoms with Crippen LogP contribution in [0.3, 0.4) is 0 Å². The Kier molecular flexibility index (Phi) is 5.64. The molecule has 1 saturated heterocycles. The number of anilines is 2.